The highest BCUT2D eigenvalue weighted by atomic mass is 19.1. The lowest BCUT2D eigenvalue weighted by Crippen LogP contribution is -2.53. The number of carboxylic acid groups (broad SMARTS) is 1. The Hall–Kier alpha value is -2.97. The Bertz CT molecular complexity index is 722. The lowest BCUT2D eigenvalue weighted by atomic mass is 10.1. The highest BCUT2D eigenvalue weighted by molar-refractivity contribution is 6.01. The molecule has 1 aliphatic heterocycles. The van der Waals surface area contributed by atoms with Gasteiger partial charge < -0.3 is 25.4 Å². The van der Waals surface area contributed by atoms with Gasteiger partial charge in [-0.3, -0.25) is 14.4 Å². The van der Waals surface area contributed by atoms with Gasteiger partial charge in [0.1, 0.15) is 11.9 Å². The molecule has 26 heavy (non-hydrogen) atoms. The number of nitrogens with zero attached hydrogens (tertiary/aromatic N) is 1. The summed E-state index contributed by atoms with van der Waals surface area (Å²) in [5.74, 6) is -3.98. The van der Waals surface area contributed by atoms with Crippen LogP contribution in [0.25, 0.3) is 0 Å². The number of hydrogen-bond donors (Lipinski definition) is 2. The van der Waals surface area contributed by atoms with Crippen LogP contribution in [0.4, 0.5) is 10.1 Å². The largest absolute Gasteiger partial charge is 0.548 e. The Kier molecular flexibility index (Phi) is 5.91. The Morgan fingerprint density at radius 3 is 2.35 bits per heavy atom. The summed E-state index contributed by atoms with van der Waals surface area (Å²) in [6, 6.07) is 3.18. The number of aliphatic carboxylic acids is 1. The maximum Gasteiger partial charge on any atom is 0.242 e. The van der Waals surface area contributed by atoms with Crippen LogP contribution in [0.5, 0.6) is 0 Å². The van der Waals surface area contributed by atoms with Gasteiger partial charge in [-0.1, -0.05) is 0 Å². The zero-order valence-electron chi connectivity index (χ0n) is 14.3. The summed E-state index contributed by atoms with van der Waals surface area (Å²) in [5.41, 5.74) is 0.486. The third-order valence-electron chi connectivity index (χ3n) is 4.10. The second-order valence-corrected chi connectivity index (χ2v) is 6.16. The number of nitrogens with one attached hydrogen (secondary N) is 2. The van der Waals surface area contributed by atoms with Crippen LogP contribution in [-0.2, 0) is 19.2 Å². The fourth-order valence-electron chi connectivity index (χ4n) is 2.55. The fraction of sp³-hybridized carbons (Fsp3) is 0.412. The van der Waals surface area contributed by atoms with Gasteiger partial charge in [-0.05, 0) is 38.1 Å². The number of carbonyl (C=O) groups is 4. The van der Waals surface area contributed by atoms with Crippen molar-refractivity contribution in [2.45, 2.75) is 32.4 Å². The highest BCUT2D eigenvalue weighted by Gasteiger charge is 2.36. The van der Waals surface area contributed by atoms with Crippen LogP contribution in [0.3, 0.4) is 0 Å². The molecule has 1 aromatic rings. The first-order chi connectivity index (χ1) is 12.2. The molecule has 1 saturated heterocycles. The molecule has 1 aromatic carbocycles. The van der Waals surface area contributed by atoms with E-state index in [1.165, 1.54) is 43.0 Å². The molecule has 0 unspecified atom stereocenters. The van der Waals surface area contributed by atoms with E-state index in [0.29, 0.717) is 5.69 Å². The van der Waals surface area contributed by atoms with Gasteiger partial charge in [-0.25, -0.2) is 4.39 Å². The molecular formula is C17H19FN3O5-. The van der Waals surface area contributed by atoms with Crippen LogP contribution < -0.4 is 20.6 Å². The van der Waals surface area contributed by atoms with Crippen LogP contribution in [0.15, 0.2) is 24.3 Å². The van der Waals surface area contributed by atoms with Crippen molar-refractivity contribution in [3.63, 3.8) is 0 Å². The van der Waals surface area contributed by atoms with Crippen molar-refractivity contribution in [3.8, 4) is 0 Å². The number of amides is 3. The predicted octanol–water partition coefficient (Wildman–Crippen LogP) is -1.06. The average Bonchev–Trinajstić information content (AvgIpc) is 2.97. The lowest BCUT2D eigenvalue weighted by Gasteiger charge is -2.20. The highest BCUT2D eigenvalue weighted by Crippen LogP contribution is 2.25. The van der Waals surface area contributed by atoms with Crippen molar-refractivity contribution < 1.29 is 28.7 Å². The average molecular weight is 364 g/mol. The fourth-order valence-corrected chi connectivity index (χ4v) is 2.55. The van der Waals surface area contributed by atoms with Crippen LogP contribution in [0.2, 0.25) is 0 Å². The van der Waals surface area contributed by atoms with E-state index in [1.807, 2.05) is 0 Å². The second kappa shape index (κ2) is 7.94. The predicted molar refractivity (Wildman–Crippen MR) is 87.1 cm³/mol. The van der Waals surface area contributed by atoms with Gasteiger partial charge in [0.2, 0.25) is 17.7 Å². The third-order valence-corrected chi connectivity index (χ3v) is 4.10. The number of carboxylic acids is 1. The molecule has 0 saturated carbocycles. The minimum Gasteiger partial charge on any atom is -0.548 e. The summed E-state index contributed by atoms with van der Waals surface area (Å²) >= 11 is 0. The molecule has 3 amide bonds. The number of benzene rings is 1. The Labute approximate surface area is 149 Å². The summed E-state index contributed by atoms with van der Waals surface area (Å²) in [5, 5.41) is 15.3. The molecule has 1 heterocycles. The molecule has 140 valence electrons. The minimum atomic E-state index is -1.44. The van der Waals surface area contributed by atoms with Crippen LogP contribution in [0, 0.1) is 11.7 Å². The summed E-state index contributed by atoms with van der Waals surface area (Å²) in [6.45, 7) is 2.77. The van der Waals surface area contributed by atoms with Crippen molar-refractivity contribution >= 4 is 29.4 Å². The Morgan fingerprint density at radius 1 is 1.15 bits per heavy atom. The first kappa shape index (κ1) is 19.4. The number of halogens is 1. The Morgan fingerprint density at radius 2 is 1.77 bits per heavy atom. The Balaban J connectivity index is 1.94. The molecule has 0 spiro atoms. The molecule has 8 nitrogen and oxygen atoms in total. The van der Waals surface area contributed by atoms with E-state index in [4.69, 9.17) is 0 Å². The monoisotopic (exact) mass is 364 g/mol. The van der Waals surface area contributed by atoms with Crippen LogP contribution in [-0.4, -0.2) is 42.3 Å². The molecule has 9 heteroatoms. The molecule has 0 aromatic heterocycles. The number of hydrogen-bond acceptors (Lipinski definition) is 5. The van der Waals surface area contributed by atoms with Gasteiger partial charge >= 0.3 is 0 Å². The molecular weight excluding hydrogens is 345 g/mol. The van der Waals surface area contributed by atoms with E-state index < -0.39 is 41.6 Å². The maximum atomic E-state index is 13.0. The van der Waals surface area contributed by atoms with Crippen molar-refractivity contribution in [2.75, 3.05) is 11.4 Å². The SMILES string of the molecule is C[C@H](NC(=O)[C@H](C)NC(=O)[C@H]1CC(=O)N(c2ccc(F)cc2)C1)C(=O)[O-]. The summed E-state index contributed by atoms with van der Waals surface area (Å²) in [4.78, 5) is 48.3. The van der Waals surface area contributed by atoms with Crippen molar-refractivity contribution in [1.82, 2.24) is 10.6 Å². The van der Waals surface area contributed by atoms with E-state index in [1.54, 1.807) is 0 Å². The van der Waals surface area contributed by atoms with Gasteiger partial charge in [0.15, 0.2) is 0 Å². The zero-order chi connectivity index (χ0) is 19.4. The summed E-state index contributed by atoms with van der Waals surface area (Å²) < 4.78 is 13.0. The minimum absolute atomic E-state index is 0.0347. The molecule has 1 fully saturated rings. The maximum absolute atomic E-state index is 13.0. The standard InChI is InChI=1S/C17H20FN3O5/c1-9(15(23)20-10(2)17(25)26)19-16(24)11-7-14(22)21(8-11)13-5-3-12(18)4-6-13/h3-6,9-11H,7-8H2,1-2H3,(H,19,24)(H,20,23)(H,25,26)/p-1/t9-,10-,11-/m0/s1. The van der Waals surface area contributed by atoms with Gasteiger partial charge in [0.25, 0.3) is 0 Å². The topological polar surface area (TPSA) is 119 Å². The molecule has 2 rings (SSSR count). The normalized spacial score (nSPS) is 19.0. The zero-order valence-corrected chi connectivity index (χ0v) is 14.3. The van der Waals surface area contributed by atoms with E-state index in [0.717, 1.165) is 0 Å². The smallest absolute Gasteiger partial charge is 0.242 e. The van der Waals surface area contributed by atoms with Crippen LogP contribution >= 0.6 is 0 Å². The van der Waals surface area contributed by atoms with Gasteiger partial charge in [0.05, 0.1) is 17.9 Å². The van der Waals surface area contributed by atoms with Gasteiger partial charge in [-0.2, -0.15) is 0 Å². The summed E-state index contributed by atoms with van der Waals surface area (Å²) in [6.07, 6.45) is -0.0347. The second-order valence-electron chi connectivity index (χ2n) is 6.16. The van der Waals surface area contributed by atoms with E-state index in [2.05, 4.69) is 10.6 Å². The van der Waals surface area contributed by atoms with E-state index >= 15 is 0 Å². The number of carbonyl (C=O) groups excluding carboxylic acids is 4. The first-order valence-electron chi connectivity index (χ1n) is 8.06. The third kappa shape index (κ3) is 4.56. The molecule has 0 aliphatic carbocycles. The van der Waals surface area contributed by atoms with Gasteiger partial charge in [-0.15, -0.1) is 0 Å². The summed E-state index contributed by atoms with van der Waals surface area (Å²) in [7, 11) is 0. The van der Waals surface area contributed by atoms with Crippen molar-refractivity contribution in [3.05, 3.63) is 30.1 Å². The van der Waals surface area contributed by atoms with Crippen molar-refractivity contribution in [2.24, 2.45) is 5.92 Å². The molecule has 3 atom stereocenters. The number of anilines is 1. The van der Waals surface area contributed by atoms with Crippen LogP contribution in [0.1, 0.15) is 20.3 Å². The van der Waals surface area contributed by atoms with Gasteiger partial charge in [0, 0.05) is 18.7 Å². The molecule has 0 radical (unpaired) electrons. The first-order valence-corrected chi connectivity index (χ1v) is 8.06. The van der Waals surface area contributed by atoms with Crippen molar-refractivity contribution in [1.29, 1.82) is 0 Å². The quantitative estimate of drug-likeness (QED) is 0.667. The molecule has 0 bridgehead atoms. The molecule has 2 N–H and O–H groups in total. The number of rotatable bonds is 6. The van der Waals surface area contributed by atoms with E-state index in [-0.39, 0.29) is 18.9 Å². The van der Waals surface area contributed by atoms with E-state index in [9.17, 15) is 28.7 Å². The lowest BCUT2D eigenvalue weighted by molar-refractivity contribution is -0.307. The molecule has 1 aliphatic rings.